The van der Waals surface area contributed by atoms with Crippen molar-refractivity contribution in [2.24, 2.45) is 0 Å². The van der Waals surface area contributed by atoms with Crippen LogP contribution in [0.15, 0.2) is 6.07 Å². The largest absolute Gasteiger partial charge is 0.382 e. The van der Waals surface area contributed by atoms with Crippen LogP contribution in [0.5, 0.6) is 0 Å². The van der Waals surface area contributed by atoms with Crippen molar-refractivity contribution in [2.45, 2.75) is 33.0 Å². The molecule has 0 radical (unpaired) electrons. The van der Waals surface area contributed by atoms with Crippen molar-refractivity contribution in [2.75, 3.05) is 31.7 Å². The van der Waals surface area contributed by atoms with E-state index in [2.05, 4.69) is 16.0 Å². The van der Waals surface area contributed by atoms with E-state index < -0.39 is 0 Å². The van der Waals surface area contributed by atoms with E-state index in [1.807, 2.05) is 26.8 Å². The molecule has 0 spiro atoms. The van der Waals surface area contributed by atoms with Crippen molar-refractivity contribution in [3.8, 4) is 6.07 Å². The third-order valence-corrected chi connectivity index (χ3v) is 3.44. The Morgan fingerprint density at radius 1 is 1.50 bits per heavy atom. The van der Waals surface area contributed by atoms with Crippen molar-refractivity contribution >= 4 is 5.69 Å². The van der Waals surface area contributed by atoms with Gasteiger partial charge in [0.05, 0.1) is 35.8 Å². The molecule has 1 aliphatic rings. The molecule has 2 heterocycles. The van der Waals surface area contributed by atoms with Gasteiger partial charge < -0.3 is 14.4 Å². The Hall–Kier alpha value is -1.64. The van der Waals surface area contributed by atoms with Crippen molar-refractivity contribution in [1.82, 2.24) is 4.98 Å². The highest BCUT2D eigenvalue weighted by Crippen LogP contribution is 2.26. The van der Waals surface area contributed by atoms with E-state index in [1.54, 1.807) is 7.11 Å². The number of morpholine rings is 1. The van der Waals surface area contributed by atoms with E-state index in [0.717, 1.165) is 30.2 Å². The summed E-state index contributed by atoms with van der Waals surface area (Å²) in [5.41, 5.74) is 3.32. The van der Waals surface area contributed by atoms with E-state index in [4.69, 9.17) is 9.47 Å². The molecule has 0 saturated carbocycles. The third-order valence-electron chi connectivity index (χ3n) is 3.44. The van der Waals surface area contributed by atoms with E-state index >= 15 is 0 Å². The summed E-state index contributed by atoms with van der Waals surface area (Å²) in [4.78, 5) is 6.58. The van der Waals surface area contributed by atoms with E-state index in [-0.39, 0.29) is 12.2 Å². The van der Waals surface area contributed by atoms with Crippen LogP contribution in [0.1, 0.15) is 23.9 Å². The Morgan fingerprint density at radius 3 is 2.90 bits per heavy atom. The Morgan fingerprint density at radius 2 is 2.25 bits per heavy atom. The molecule has 5 heteroatoms. The number of aromatic nitrogens is 1. The highest BCUT2D eigenvalue weighted by atomic mass is 16.5. The molecule has 108 valence electrons. The predicted molar refractivity (Wildman–Crippen MR) is 76.9 cm³/mol. The van der Waals surface area contributed by atoms with Gasteiger partial charge in [0.2, 0.25) is 0 Å². The lowest BCUT2D eigenvalue weighted by Gasteiger charge is -2.38. The van der Waals surface area contributed by atoms with E-state index in [1.165, 1.54) is 0 Å². The first kappa shape index (κ1) is 14.8. The second kappa shape index (κ2) is 6.21. The number of nitriles is 1. The topological polar surface area (TPSA) is 58.4 Å². The molecule has 5 nitrogen and oxygen atoms in total. The molecular formula is C15H21N3O2. The van der Waals surface area contributed by atoms with Crippen LogP contribution in [0.2, 0.25) is 0 Å². The monoisotopic (exact) mass is 275 g/mol. The Kier molecular flexibility index (Phi) is 4.58. The van der Waals surface area contributed by atoms with E-state index in [0.29, 0.717) is 12.2 Å². The van der Waals surface area contributed by atoms with Gasteiger partial charge in [-0.2, -0.15) is 5.26 Å². The minimum absolute atomic E-state index is 0.0315. The van der Waals surface area contributed by atoms with Crippen LogP contribution in [0.4, 0.5) is 5.69 Å². The van der Waals surface area contributed by atoms with Crippen molar-refractivity contribution in [3.63, 3.8) is 0 Å². The van der Waals surface area contributed by atoms with Crippen molar-refractivity contribution in [3.05, 3.63) is 23.0 Å². The number of aryl methyl sites for hydroxylation is 2. The quantitative estimate of drug-likeness (QED) is 0.842. The summed E-state index contributed by atoms with van der Waals surface area (Å²) >= 11 is 0. The van der Waals surface area contributed by atoms with Gasteiger partial charge in [-0.1, -0.05) is 0 Å². The van der Waals surface area contributed by atoms with Gasteiger partial charge in [0.25, 0.3) is 0 Å². The molecule has 2 unspecified atom stereocenters. The molecule has 1 aromatic heterocycles. The number of hydrogen-bond acceptors (Lipinski definition) is 5. The van der Waals surface area contributed by atoms with Gasteiger partial charge in [0.15, 0.2) is 0 Å². The number of pyridine rings is 1. The summed E-state index contributed by atoms with van der Waals surface area (Å²) in [7, 11) is 1.68. The summed E-state index contributed by atoms with van der Waals surface area (Å²) in [5.74, 6) is 0. The van der Waals surface area contributed by atoms with E-state index in [9.17, 15) is 5.26 Å². The molecule has 0 aliphatic carbocycles. The highest BCUT2D eigenvalue weighted by molar-refractivity contribution is 5.62. The average Bonchev–Trinajstić information content (AvgIpc) is 2.37. The first-order chi connectivity index (χ1) is 9.55. The number of methoxy groups -OCH3 is 1. The highest BCUT2D eigenvalue weighted by Gasteiger charge is 2.27. The lowest BCUT2D eigenvalue weighted by Crippen LogP contribution is -2.48. The first-order valence-corrected chi connectivity index (χ1v) is 6.82. The molecule has 1 fully saturated rings. The second-order valence-electron chi connectivity index (χ2n) is 5.28. The van der Waals surface area contributed by atoms with Crippen LogP contribution in [0.3, 0.4) is 0 Å². The van der Waals surface area contributed by atoms with Gasteiger partial charge in [-0.25, -0.2) is 0 Å². The van der Waals surface area contributed by atoms with Crippen LogP contribution in [0, 0.1) is 25.2 Å². The minimum atomic E-state index is 0.0315. The molecule has 0 bridgehead atoms. The van der Waals surface area contributed by atoms with Crippen LogP contribution in [0.25, 0.3) is 0 Å². The first-order valence-electron chi connectivity index (χ1n) is 6.82. The molecule has 2 atom stereocenters. The smallest absolute Gasteiger partial charge is 0.103 e. The standard InChI is InChI=1S/C15H21N3O2/c1-10-5-15(14(6-16)12(3)17-10)18-7-11(2)20-13(8-18)9-19-4/h5,11,13H,7-9H2,1-4H3. The van der Waals surface area contributed by atoms with Gasteiger partial charge in [-0.05, 0) is 26.8 Å². The fraction of sp³-hybridized carbons (Fsp3) is 0.600. The summed E-state index contributed by atoms with van der Waals surface area (Å²) in [6, 6.07) is 4.25. The summed E-state index contributed by atoms with van der Waals surface area (Å²) in [6.45, 7) is 7.95. The maximum atomic E-state index is 9.38. The lowest BCUT2D eigenvalue weighted by molar-refractivity contribution is -0.0511. The molecule has 0 amide bonds. The molecule has 0 N–H and O–H groups in total. The SMILES string of the molecule is COCC1CN(c2cc(C)nc(C)c2C#N)CC(C)O1. The summed E-state index contributed by atoms with van der Waals surface area (Å²) in [5, 5.41) is 9.38. The van der Waals surface area contributed by atoms with Gasteiger partial charge in [-0.15, -0.1) is 0 Å². The number of rotatable bonds is 3. The lowest BCUT2D eigenvalue weighted by atomic mass is 10.1. The zero-order valence-electron chi connectivity index (χ0n) is 12.5. The fourth-order valence-corrected chi connectivity index (χ4v) is 2.72. The second-order valence-corrected chi connectivity index (χ2v) is 5.28. The van der Waals surface area contributed by atoms with Crippen LogP contribution in [-0.2, 0) is 9.47 Å². The molecule has 2 rings (SSSR count). The van der Waals surface area contributed by atoms with Crippen molar-refractivity contribution in [1.29, 1.82) is 5.26 Å². The molecular weight excluding hydrogens is 254 g/mol. The molecule has 0 aromatic carbocycles. The Bertz CT molecular complexity index is 525. The van der Waals surface area contributed by atoms with Gasteiger partial charge in [0, 0.05) is 25.9 Å². The maximum absolute atomic E-state index is 9.38. The molecule has 20 heavy (non-hydrogen) atoms. The summed E-state index contributed by atoms with van der Waals surface area (Å²) < 4.78 is 11.0. The van der Waals surface area contributed by atoms with Crippen molar-refractivity contribution < 1.29 is 9.47 Å². The van der Waals surface area contributed by atoms with Crippen LogP contribution >= 0.6 is 0 Å². The molecule has 1 saturated heterocycles. The predicted octanol–water partition coefficient (Wildman–Crippen LogP) is 1.81. The normalized spacial score (nSPS) is 22.6. The zero-order valence-corrected chi connectivity index (χ0v) is 12.5. The van der Waals surface area contributed by atoms with Crippen LogP contribution in [-0.4, -0.2) is 44.0 Å². The number of nitrogens with zero attached hydrogens (tertiary/aromatic N) is 3. The molecule has 1 aromatic rings. The Balaban J connectivity index is 2.33. The maximum Gasteiger partial charge on any atom is 0.103 e. The fourth-order valence-electron chi connectivity index (χ4n) is 2.72. The van der Waals surface area contributed by atoms with Crippen LogP contribution < -0.4 is 4.90 Å². The molecule has 1 aliphatic heterocycles. The number of ether oxygens (including phenoxy) is 2. The third kappa shape index (κ3) is 3.09. The summed E-state index contributed by atoms with van der Waals surface area (Å²) in [6.07, 6.45) is 0.147. The number of hydrogen-bond donors (Lipinski definition) is 0. The van der Waals surface area contributed by atoms with Gasteiger partial charge in [-0.3, -0.25) is 4.98 Å². The minimum Gasteiger partial charge on any atom is -0.382 e. The zero-order chi connectivity index (χ0) is 14.7. The number of anilines is 1. The van der Waals surface area contributed by atoms with Gasteiger partial charge >= 0.3 is 0 Å². The Labute approximate surface area is 120 Å². The average molecular weight is 275 g/mol. The van der Waals surface area contributed by atoms with Gasteiger partial charge in [0.1, 0.15) is 6.07 Å².